The Labute approximate surface area is 65.2 Å². The van der Waals surface area contributed by atoms with Gasteiger partial charge in [-0.2, -0.15) is 0 Å². The molecule has 0 aliphatic heterocycles. The molecule has 0 aromatic carbocycles. The van der Waals surface area contributed by atoms with Crippen LogP contribution in [0.5, 0.6) is 0 Å². The molecular weight excluding hydrogens is 142 g/mol. The summed E-state index contributed by atoms with van der Waals surface area (Å²) in [4.78, 5) is 10.7. The number of aliphatic hydroxyl groups is 1. The fourth-order valence-corrected chi connectivity index (χ4v) is 1.11. The van der Waals surface area contributed by atoms with Gasteiger partial charge in [0, 0.05) is 0 Å². The van der Waals surface area contributed by atoms with Gasteiger partial charge in [-0.15, -0.1) is 0 Å². The molecule has 11 heavy (non-hydrogen) atoms. The summed E-state index contributed by atoms with van der Waals surface area (Å²) in [6, 6.07) is 0. The van der Waals surface area contributed by atoms with Crippen LogP contribution in [0.1, 0.15) is 6.92 Å². The second-order valence-corrected chi connectivity index (χ2v) is 2.85. The Morgan fingerprint density at radius 3 is 2.64 bits per heavy atom. The Kier molecular flexibility index (Phi) is 1.83. The summed E-state index contributed by atoms with van der Waals surface area (Å²) < 4.78 is 0. The van der Waals surface area contributed by atoms with E-state index < -0.39 is 17.4 Å². The topological polar surface area (TPSA) is 63.3 Å². The summed E-state index contributed by atoms with van der Waals surface area (Å²) in [7, 11) is 0. The first kappa shape index (κ1) is 8.01. The van der Waals surface area contributed by atoms with E-state index in [4.69, 9.17) is 5.73 Å². The molecule has 2 unspecified atom stereocenters. The van der Waals surface area contributed by atoms with Gasteiger partial charge in [-0.05, 0) is 6.92 Å². The van der Waals surface area contributed by atoms with Gasteiger partial charge < -0.3 is 10.8 Å². The average Bonchev–Trinajstić information content (AvgIpc) is 1.85. The van der Waals surface area contributed by atoms with Gasteiger partial charge in [-0.1, -0.05) is 24.3 Å². The lowest BCUT2D eigenvalue weighted by Crippen LogP contribution is -2.41. The molecule has 0 saturated carbocycles. The van der Waals surface area contributed by atoms with E-state index in [-0.39, 0.29) is 0 Å². The van der Waals surface area contributed by atoms with Crippen molar-refractivity contribution in [2.45, 2.75) is 12.5 Å². The van der Waals surface area contributed by atoms with E-state index in [1.165, 1.54) is 0 Å². The van der Waals surface area contributed by atoms with Crippen molar-refractivity contribution in [3.63, 3.8) is 0 Å². The Morgan fingerprint density at radius 2 is 2.27 bits per heavy atom. The van der Waals surface area contributed by atoms with Gasteiger partial charge in [-0.3, -0.25) is 4.79 Å². The van der Waals surface area contributed by atoms with Crippen molar-refractivity contribution in [3.8, 4) is 0 Å². The van der Waals surface area contributed by atoms with Crippen molar-refractivity contribution in [1.82, 2.24) is 0 Å². The predicted molar refractivity (Wildman–Crippen MR) is 41.6 cm³/mol. The summed E-state index contributed by atoms with van der Waals surface area (Å²) in [5.41, 5.74) is 3.93. The van der Waals surface area contributed by atoms with Gasteiger partial charge in [0.15, 0.2) is 0 Å². The number of nitrogens with two attached hydrogens (primary N) is 1. The van der Waals surface area contributed by atoms with E-state index in [2.05, 4.69) is 0 Å². The molecule has 0 bridgehead atoms. The highest BCUT2D eigenvalue weighted by atomic mass is 16.3. The van der Waals surface area contributed by atoms with Crippen LogP contribution in [0, 0.1) is 5.92 Å². The maximum absolute atomic E-state index is 10.7. The van der Waals surface area contributed by atoms with Crippen LogP contribution in [0.15, 0.2) is 24.3 Å². The van der Waals surface area contributed by atoms with Crippen LogP contribution in [0.2, 0.25) is 0 Å². The number of carbonyl (C=O) groups excluding carboxylic acids is 1. The molecule has 1 aliphatic rings. The van der Waals surface area contributed by atoms with Gasteiger partial charge in [0.25, 0.3) is 0 Å². The SMILES string of the molecule is CC1(O)C=CC=CC1C(N)=O. The Bertz CT molecular complexity index is 228. The molecule has 0 spiro atoms. The zero-order chi connectivity index (χ0) is 8.48. The Morgan fingerprint density at radius 1 is 1.64 bits per heavy atom. The second-order valence-electron chi connectivity index (χ2n) is 2.85. The minimum absolute atomic E-state index is 0.504. The van der Waals surface area contributed by atoms with Gasteiger partial charge in [0.05, 0.1) is 11.5 Å². The number of carbonyl (C=O) groups is 1. The molecular formula is C8H11NO2. The van der Waals surface area contributed by atoms with Crippen LogP contribution in [0.3, 0.4) is 0 Å². The van der Waals surface area contributed by atoms with Crippen molar-refractivity contribution in [3.05, 3.63) is 24.3 Å². The first-order valence-corrected chi connectivity index (χ1v) is 3.42. The van der Waals surface area contributed by atoms with Crippen LogP contribution in [0.4, 0.5) is 0 Å². The average molecular weight is 153 g/mol. The summed E-state index contributed by atoms with van der Waals surface area (Å²) in [5, 5.41) is 9.57. The first-order chi connectivity index (χ1) is 5.04. The quantitative estimate of drug-likeness (QED) is 0.555. The molecule has 3 heteroatoms. The van der Waals surface area contributed by atoms with Crippen LogP contribution < -0.4 is 5.73 Å². The third-order valence-electron chi connectivity index (χ3n) is 1.78. The van der Waals surface area contributed by atoms with E-state index in [1.54, 1.807) is 31.2 Å². The van der Waals surface area contributed by atoms with Crippen molar-refractivity contribution < 1.29 is 9.90 Å². The van der Waals surface area contributed by atoms with Crippen LogP contribution in [-0.4, -0.2) is 16.6 Å². The summed E-state index contributed by atoms with van der Waals surface area (Å²) in [6.07, 6.45) is 6.55. The smallest absolute Gasteiger partial charge is 0.227 e. The highest BCUT2D eigenvalue weighted by molar-refractivity contribution is 5.80. The zero-order valence-corrected chi connectivity index (χ0v) is 6.32. The molecule has 0 heterocycles. The molecule has 1 aliphatic carbocycles. The van der Waals surface area contributed by atoms with E-state index in [0.717, 1.165) is 0 Å². The third-order valence-corrected chi connectivity index (χ3v) is 1.78. The maximum atomic E-state index is 10.7. The molecule has 60 valence electrons. The fourth-order valence-electron chi connectivity index (χ4n) is 1.11. The minimum atomic E-state index is -1.12. The van der Waals surface area contributed by atoms with Crippen molar-refractivity contribution in [2.24, 2.45) is 11.7 Å². The molecule has 0 saturated heterocycles. The van der Waals surface area contributed by atoms with Gasteiger partial charge >= 0.3 is 0 Å². The lowest BCUT2D eigenvalue weighted by Gasteiger charge is -2.26. The Balaban J connectivity index is 2.89. The summed E-state index contributed by atoms with van der Waals surface area (Å²) in [5.74, 6) is -1.11. The van der Waals surface area contributed by atoms with Crippen molar-refractivity contribution in [2.75, 3.05) is 0 Å². The molecule has 0 aromatic rings. The number of primary amides is 1. The molecule has 3 nitrogen and oxygen atoms in total. The highest BCUT2D eigenvalue weighted by Crippen LogP contribution is 2.23. The molecule has 2 atom stereocenters. The van der Waals surface area contributed by atoms with Crippen molar-refractivity contribution in [1.29, 1.82) is 0 Å². The summed E-state index contributed by atoms with van der Waals surface area (Å²) in [6.45, 7) is 1.56. The number of hydrogen-bond donors (Lipinski definition) is 2. The lowest BCUT2D eigenvalue weighted by molar-refractivity contribution is -0.125. The van der Waals surface area contributed by atoms with Crippen LogP contribution in [0.25, 0.3) is 0 Å². The van der Waals surface area contributed by atoms with E-state index in [9.17, 15) is 9.90 Å². The van der Waals surface area contributed by atoms with Crippen LogP contribution in [-0.2, 0) is 4.79 Å². The summed E-state index contributed by atoms with van der Waals surface area (Å²) >= 11 is 0. The van der Waals surface area contributed by atoms with Crippen LogP contribution >= 0.6 is 0 Å². The Hall–Kier alpha value is -1.09. The number of allylic oxidation sites excluding steroid dienone is 2. The minimum Gasteiger partial charge on any atom is -0.385 e. The van der Waals surface area contributed by atoms with E-state index in [0.29, 0.717) is 0 Å². The van der Waals surface area contributed by atoms with Gasteiger partial charge in [0.2, 0.25) is 5.91 Å². The largest absolute Gasteiger partial charge is 0.385 e. The normalized spacial score (nSPS) is 35.6. The fraction of sp³-hybridized carbons (Fsp3) is 0.375. The lowest BCUT2D eigenvalue weighted by atomic mass is 9.85. The number of hydrogen-bond acceptors (Lipinski definition) is 2. The van der Waals surface area contributed by atoms with Gasteiger partial charge in [0.1, 0.15) is 0 Å². The van der Waals surface area contributed by atoms with E-state index in [1.807, 2.05) is 0 Å². The number of amides is 1. The number of rotatable bonds is 1. The second kappa shape index (κ2) is 2.51. The predicted octanol–water partition coefficient (Wildman–Crippen LogP) is -0.0351. The molecule has 3 N–H and O–H groups in total. The van der Waals surface area contributed by atoms with E-state index >= 15 is 0 Å². The molecule has 1 rings (SSSR count). The first-order valence-electron chi connectivity index (χ1n) is 3.42. The van der Waals surface area contributed by atoms with Gasteiger partial charge in [-0.25, -0.2) is 0 Å². The van der Waals surface area contributed by atoms with Crippen molar-refractivity contribution >= 4 is 5.91 Å². The molecule has 1 amide bonds. The molecule has 0 fully saturated rings. The highest BCUT2D eigenvalue weighted by Gasteiger charge is 2.32. The monoisotopic (exact) mass is 153 g/mol. The molecule has 0 radical (unpaired) electrons. The zero-order valence-electron chi connectivity index (χ0n) is 6.32. The molecule has 0 aromatic heterocycles. The standard InChI is InChI=1S/C8H11NO2/c1-8(11)5-3-2-4-6(8)7(9)10/h2-6,11H,1H3,(H2,9,10). The maximum Gasteiger partial charge on any atom is 0.227 e. The third kappa shape index (κ3) is 1.49.